The fourth-order valence-electron chi connectivity index (χ4n) is 3.80. The van der Waals surface area contributed by atoms with Gasteiger partial charge in [-0.2, -0.15) is 0 Å². The Bertz CT molecular complexity index is 413. The van der Waals surface area contributed by atoms with E-state index in [1.165, 1.54) is 64.2 Å². The number of hydrogen-bond donors (Lipinski definition) is 0. The van der Waals surface area contributed by atoms with Gasteiger partial charge >= 0.3 is 0 Å². The van der Waals surface area contributed by atoms with Gasteiger partial charge in [-0.15, -0.1) is 0 Å². The second kappa shape index (κ2) is 15.1. The molecule has 0 spiro atoms. The van der Waals surface area contributed by atoms with Crippen molar-refractivity contribution in [3.63, 3.8) is 0 Å². The molecule has 0 aromatic rings. The lowest BCUT2D eigenvalue weighted by Gasteiger charge is -2.29. The van der Waals surface area contributed by atoms with Gasteiger partial charge in [-0.3, -0.25) is 0 Å². The zero-order valence-corrected chi connectivity index (χ0v) is 25.8. The SMILES string of the molecule is CC(C)(C)CCCCCC(C)(C)C.CC(CCCC(C)C(C)(C)C)CCC(C)C(C)(C)C. The molecule has 0 aromatic heterocycles. The summed E-state index contributed by atoms with van der Waals surface area (Å²) in [4.78, 5) is 0. The zero-order chi connectivity index (χ0) is 25.8. The van der Waals surface area contributed by atoms with Gasteiger partial charge in [0.25, 0.3) is 0 Å². The van der Waals surface area contributed by atoms with Crippen LogP contribution in [0.1, 0.15) is 168 Å². The minimum atomic E-state index is 0.473. The molecule has 32 heavy (non-hydrogen) atoms. The molecule has 0 heteroatoms. The molecular weight excluding hydrogens is 384 g/mol. The summed E-state index contributed by atoms with van der Waals surface area (Å²) in [6.45, 7) is 35.4. The Labute approximate surface area is 207 Å². The maximum Gasteiger partial charge on any atom is -0.0357 e. The van der Waals surface area contributed by atoms with Crippen LogP contribution < -0.4 is 0 Å². The third-order valence-electron chi connectivity index (χ3n) is 7.74. The van der Waals surface area contributed by atoms with Crippen LogP contribution in [0.3, 0.4) is 0 Å². The molecular formula is C32H68. The minimum Gasteiger partial charge on any atom is -0.0625 e. The second-order valence-corrected chi connectivity index (χ2v) is 15.8. The third kappa shape index (κ3) is 23.2. The molecule has 196 valence electrons. The molecule has 0 rings (SSSR count). The molecule has 3 atom stereocenters. The van der Waals surface area contributed by atoms with Gasteiger partial charge in [0.15, 0.2) is 0 Å². The molecule has 0 aliphatic heterocycles. The molecule has 3 unspecified atom stereocenters. The zero-order valence-electron chi connectivity index (χ0n) is 25.8. The van der Waals surface area contributed by atoms with E-state index in [0.717, 1.165) is 17.8 Å². The van der Waals surface area contributed by atoms with E-state index in [-0.39, 0.29) is 0 Å². The lowest BCUT2D eigenvalue weighted by Crippen LogP contribution is -2.18. The first-order chi connectivity index (χ1) is 14.1. The molecule has 0 radical (unpaired) electrons. The van der Waals surface area contributed by atoms with Crippen LogP contribution in [0.5, 0.6) is 0 Å². The summed E-state index contributed by atoms with van der Waals surface area (Å²) in [5.41, 5.74) is 2.01. The Morgan fingerprint density at radius 3 is 1.12 bits per heavy atom. The Morgan fingerprint density at radius 2 is 0.781 bits per heavy atom. The van der Waals surface area contributed by atoms with Gasteiger partial charge in [0.1, 0.15) is 0 Å². The molecule has 0 N–H and O–H groups in total. The lowest BCUT2D eigenvalue weighted by molar-refractivity contribution is 0.220. The van der Waals surface area contributed by atoms with Gasteiger partial charge in [-0.05, 0) is 58.7 Å². The van der Waals surface area contributed by atoms with Gasteiger partial charge in [-0.1, -0.05) is 149 Å². The van der Waals surface area contributed by atoms with Crippen LogP contribution in [0, 0.1) is 39.4 Å². The lowest BCUT2D eigenvalue weighted by atomic mass is 9.77. The molecule has 0 heterocycles. The Kier molecular flexibility index (Phi) is 16.1. The van der Waals surface area contributed by atoms with Gasteiger partial charge in [0.05, 0.1) is 0 Å². The predicted molar refractivity (Wildman–Crippen MR) is 151 cm³/mol. The van der Waals surface area contributed by atoms with E-state index in [4.69, 9.17) is 0 Å². The van der Waals surface area contributed by atoms with Crippen molar-refractivity contribution >= 4 is 0 Å². The molecule has 0 aliphatic rings. The quantitative estimate of drug-likeness (QED) is 0.273. The maximum absolute atomic E-state index is 2.44. The minimum absolute atomic E-state index is 0.473. The van der Waals surface area contributed by atoms with E-state index in [0.29, 0.717) is 21.7 Å². The summed E-state index contributed by atoms with van der Waals surface area (Å²) in [5, 5.41) is 0. The number of hydrogen-bond acceptors (Lipinski definition) is 0. The highest BCUT2D eigenvalue weighted by molar-refractivity contribution is 4.72. The van der Waals surface area contributed by atoms with E-state index in [1.807, 2.05) is 0 Å². The highest BCUT2D eigenvalue weighted by Gasteiger charge is 2.21. The molecule has 0 fully saturated rings. The topological polar surface area (TPSA) is 0 Å². The summed E-state index contributed by atoms with van der Waals surface area (Å²) < 4.78 is 0. The van der Waals surface area contributed by atoms with Crippen molar-refractivity contribution in [2.24, 2.45) is 39.4 Å². The first-order valence-corrected chi connectivity index (χ1v) is 14.1. The highest BCUT2D eigenvalue weighted by Crippen LogP contribution is 2.33. The highest BCUT2D eigenvalue weighted by atomic mass is 14.3. The number of rotatable bonds is 11. The third-order valence-corrected chi connectivity index (χ3v) is 7.74. The summed E-state index contributed by atoms with van der Waals surface area (Å²) in [7, 11) is 0. The molecule has 0 aromatic carbocycles. The van der Waals surface area contributed by atoms with E-state index >= 15 is 0 Å². The average molecular weight is 453 g/mol. The Balaban J connectivity index is 0. The van der Waals surface area contributed by atoms with Crippen LogP contribution in [0.2, 0.25) is 0 Å². The van der Waals surface area contributed by atoms with Crippen molar-refractivity contribution in [2.45, 2.75) is 168 Å². The van der Waals surface area contributed by atoms with Crippen LogP contribution >= 0.6 is 0 Å². The average Bonchev–Trinajstić information content (AvgIpc) is 2.56. The first-order valence-electron chi connectivity index (χ1n) is 14.1. The van der Waals surface area contributed by atoms with Crippen LogP contribution in [-0.2, 0) is 0 Å². The van der Waals surface area contributed by atoms with Crippen molar-refractivity contribution < 1.29 is 0 Å². The van der Waals surface area contributed by atoms with Crippen LogP contribution in [0.4, 0.5) is 0 Å². The number of unbranched alkanes of at least 4 members (excludes halogenated alkanes) is 2. The van der Waals surface area contributed by atoms with Gasteiger partial charge in [0.2, 0.25) is 0 Å². The van der Waals surface area contributed by atoms with E-state index in [2.05, 4.69) is 104 Å². The normalized spacial score (nSPS) is 16.2. The molecule has 0 amide bonds. The Morgan fingerprint density at radius 1 is 0.406 bits per heavy atom. The van der Waals surface area contributed by atoms with Crippen LogP contribution in [-0.4, -0.2) is 0 Å². The predicted octanol–water partition coefficient (Wildman–Crippen LogP) is 12.0. The maximum atomic E-state index is 2.44. The van der Waals surface area contributed by atoms with E-state index in [9.17, 15) is 0 Å². The first kappa shape index (κ1) is 34.2. The largest absolute Gasteiger partial charge is 0.0625 e. The van der Waals surface area contributed by atoms with Crippen molar-refractivity contribution in [3.8, 4) is 0 Å². The molecule has 0 saturated carbocycles. The fraction of sp³-hybridized carbons (Fsp3) is 1.00. The monoisotopic (exact) mass is 453 g/mol. The van der Waals surface area contributed by atoms with Crippen molar-refractivity contribution in [2.75, 3.05) is 0 Å². The molecule has 0 saturated heterocycles. The smallest absolute Gasteiger partial charge is 0.0357 e. The van der Waals surface area contributed by atoms with E-state index < -0.39 is 0 Å². The summed E-state index contributed by atoms with van der Waals surface area (Å²) in [6, 6.07) is 0. The molecule has 0 bridgehead atoms. The van der Waals surface area contributed by atoms with E-state index in [1.54, 1.807) is 0 Å². The van der Waals surface area contributed by atoms with Crippen LogP contribution in [0.25, 0.3) is 0 Å². The van der Waals surface area contributed by atoms with Crippen LogP contribution in [0.15, 0.2) is 0 Å². The van der Waals surface area contributed by atoms with Gasteiger partial charge < -0.3 is 0 Å². The standard InChI is InChI=1S/C19H40.C13H28/c1-15(13-14-17(3)19(7,8)9)11-10-12-16(2)18(4,5)6;1-12(2,3)10-8-7-9-11-13(4,5)6/h15-17H,10-14H2,1-9H3;7-11H2,1-6H3. The molecule has 0 nitrogen and oxygen atoms in total. The van der Waals surface area contributed by atoms with Gasteiger partial charge in [0, 0.05) is 0 Å². The fourth-order valence-corrected chi connectivity index (χ4v) is 3.80. The Hall–Kier alpha value is 0. The summed E-state index contributed by atoms with van der Waals surface area (Å²) >= 11 is 0. The summed E-state index contributed by atoms with van der Waals surface area (Å²) in [6.07, 6.45) is 14.0. The summed E-state index contributed by atoms with van der Waals surface area (Å²) in [5.74, 6) is 2.58. The van der Waals surface area contributed by atoms with Gasteiger partial charge in [-0.25, -0.2) is 0 Å². The second-order valence-electron chi connectivity index (χ2n) is 15.8. The van der Waals surface area contributed by atoms with Crippen molar-refractivity contribution in [1.82, 2.24) is 0 Å². The molecule has 0 aliphatic carbocycles. The van der Waals surface area contributed by atoms with Crippen molar-refractivity contribution in [3.05, 3.63) is 0 Å². The van der Waals surface area contributed by atoms with Crippen molar-refractivity contribution in [1.29, 1.82) is 0 Å².